The van der Waals surface area contributed by atoms with Crippen LogP contribution in [0.1, 0.15) is 59.8 Å². The third kappa shape index (κ3) is 3.76. The molecule has 7 nitrogen and oxygen atoms in total. The molecule has 3 heterocycles. The van der Waals surface area contributed by atoms with Crippen molar-refractivity contribution in [3.63, 3.8) is 0 Å². The number of piperidine rings is 1. The van der Waals surface area contributed by atoms with E-state index in [1.807, 2.05) is 0 Å². The average molecular weight is 335 g/mol. The number of carbonyl (C=O) groups is 1. The van der Waals surface area contributed by atoms with Crippen LogP contribution in [0.15, 0.2) is 11.6 Å². The minimum Gasteiger partial charge on any atom is -0.476 e. The van der Waals surface area contributed by atoms with Gasteiger partial charge in [-0.05, 0) is 19.4 Å². The number of thiazole rings is 1. The summed E-state index contributed by atoms with van der Waals surface area (Å²) in [4.78, 5) is 18.0. The van der Waals surface area contributed by atoms with Crippen molar-refractivity contribution in [2.75, 3.05) is 13.1 Å². The van der Waals surface area contributed by atoms with Crippen LogP contribution in [0, 0.1) is 0 Å². The highest BCUT2D eigenvalue weighted by Crippen LogP contribution is 2.24. The van der Waals surface area contributed by atoms with E-state index in [-0.39, 0.29) is 11.7 Å². The molecule has 1 atom stereocenters. The molecule has 2 aromatic rings. The largest absolute Gasteiger partial charge is 0.476 e. The normalized spacial score (nSPS) is 19.3. The molecular weight excluding hydrogens is 314 g/mol. The molecule has 0 saturated carbocycles. The first-order valence-corrected chi connectivity index (χ1v) is 8.72. The van der Waals surface area contributed by atoms with E-state index >= 15 is 0 Å². The van der Waals surface area contributed by atoms with Gasteiger partial charge in [0.1, 0.15) is 0 Å². The second-order valence-corrected chi connectivity index (χ2v) is 7.14. The van der Waals surface area contributed by atoms with Gasteiger partial charge in [0.15, 0.2) is 5.69 Å². The predicted molar refractivity (Wildman–Crippen MR) is 86.7 cm³/mol. The molecule has 0 spiro atoms. The van der Waals surface area contributed by atoms with Gasteiger partial charge in [0.05, 0.1) is 22.9 Å². The first-order valence-electron chi connectivity index (χ1n) is 7.84. The molecule has 8 heteroatoms. The van der Waals surface area contributed by atoms with Crippen LogP contribution < -0.4 is 0 Å². The molecular formula is C15H21N5O2S. The van der Waals surface area contributed by atoms with E-state index in [9.17, 15) is 4.79 Å². The summed E-state index contributed by atoms with van der Waals surface area (Å²) in [6.07, 6.45) is 3.58. The molecule has 0 radical (unpaired) electrons. The summed E-state index contributed by atoms with van der Waals surface area (Å²) in [6.45, 7) is 7.03. The minimum atomic E-state index is -1.03. The Kier molecular flexibility index (Phi) is 4.72. The summed E-state index contributed by atoms with van der Waals surface area (Å²) >= 11 is 1.72. The van der Waals surface area contributed by atoms with Crippen molar-refractivity contribution < 1.29 is 9.90 Å². The monoisotopic (exact) mass is 335 g/mol. The van der Waals surface area contributed by atoms with Gasteiger partial charge in [-0.3, -0.25) is 4.90 Å². The Morgan fingerprint density at radius 1 is 1.52 bits per heavy atom. The molecule has 1 unspecified atom stereocenters. The fourth-order valence-corrected chi connectivity index (χ4v) is 3.66. The van der Waals surface area contributed by atoms with Gasteiger partial charge in [-0.2, -0.15) is 0 Å². The Morgan fingerprint density at radius 2 is 2.35 bits per heavy atom. The minimum absolute atomic E-state index is 0.00296. The van der Waals surface area contributed by atoms with E-state index in [1.54, 1.807) is 16.0 Å². The first kappa shape index (κ1) is 16.1. The Morgan fingerprint density at radius 3 is 3.00 bits per heavy atom. The van der Waals surface area contributed by atoms with Crippen LogP contribution in [0.4, 0.5) is 0 Å². The number of nitrogens with zero attached hydrogens (tertiary/aromatic N) is 5. The van der Waals surface area contributed by atoms with Crippen LogP contribution in [0.5, 0.6) is 0 Å². The predicted octanol–water partition coefficient (Wildman–Crippen LogP) is 2.39. The fourth-order valence-electron chi connectivity index (χ4n) is 2.83. The first-order chi connectivity index (χ1) is 11.0. The maximum Gasteiger partial charge on any atom is 0.358 e. The van der Waals surface area contributed by atoms with Crippen molar-refractivity contribution >= 4 is 17.3 Å². The standard InChI is InChI=1S/C15H21N5O2S/c1-10(2)14-16-11(9-23-14)6-19-5-3-4-12(7-19)20-8-13(15(21)22)17-18-20/h8-10,12H,3-7H2,1-2H3,(H,21,22). The van der Waals surface area contributed by atoms with Gasteiger partial charge in [-0.15, -0.1) is 16.4 Å². The van der Waals surface area contributed by atoms with Gasteiger partial charge in [0.25, 0.3) is 0 Å². The molecule has 1 fully saturated rings. The van der Waals surface area contributed by atoms with Crippen molar-refractivity contribution in [1.82, 2.24) is 24.9 Å². The fraction of sp³-hybridized carbons (Fsp3) is 0.600. The summed E-state index contributed by atoms with van der Waals surface area (Å²) in [6, 6.07) is 0.174. The highest BCUT2D eigenvalue weighted by molar-refractivity contribution is 7.09. The van der Waals surface area contributed by atoms with Crippen LogP contribution in [0.25, 0.3) is 0 Å². The maximum absolute atomic E-state index is 10.9. The molecule has 1 aliphatic heterocycles. The number of carboxylic acids is 1. The molecule has 1 aliphatic rings. The number of hydrogen-bond donors (Lipinski definition) is 1. The van der Waals surface area contributed by atoms with Crippen molar-refractivity contribution in [2.24, 2.45) is 0 Å². The van der Waals surface area contributed by atoms with Gasteiger partial charge < -0.3 is 5.11 Å². The molecule has 0 aliphatic carbocycles. The van der Waals surface area contributed by atoms with Crippen molar-refractivity contribution in [3.05, 3.63) is 28.0 Å². The van der Waals surface area contributed by atoms with E-state index in [2.05, 4.69) is 34.4 Å². The van der Waals surface area contributed by atoms with Gasteiger partial charge in [-0.1, -0.05) is 19.1 Å². The summed E-state index contributed by atoms with van der Waals surface area (Å²) in [7, 11) is 0. The van der Waals surface area contributed by atoms with Crippen LogP contribution in [-0.2, 0) is 6.54 Å². The SMILES string of the molecule is CC(C)c1nc(CN2CCCC(n3cc(C(=O)O)nn3)C2)cs1. The number of aromatic carboxylic acids is 1. The highest BCUT2D eigenvalue weighted by atomic mass is 32.1. The number of hydrogen-bond acceptors (Lipinski definition) is 6. The molecule has 0 amide bonds. The molecule has 23 heavy (non-hydrogen) atoms. The lowest BCUT2D eigenvalue weighted by molar-refractivity contribution is 0.0690. The van der Waals surface area contributed by atoms with Crippen molar-refractivity contribution in [1.29, 1.82) is 0 Å². The lowest BCUT2D eigenvalue weighted by atomic mass is 10.1. The Bertz CT molecular complexity index is 681. The van der Waals surface area contributed by atoms with Gasteiger partial charge in [0, 0.05) is 24.4 Å². The second kappa shape index (κ2) is 6.76. The van der Waals surface area contributed by atoms with Crippen LogP contribution in [0.3, 0.4) is 0 Å². The average Bonchev–Trinajstić information content (AvgIpc) is 3.16. The third-order valence-electron chi connectivity index (χ3n) is 4.03. The number of rotatable bonds is 5. The van der Waals surface area contributed by atoms with E-state index in [0.717, 1.165) is 38.2 Å². The molecule has 3 rings (SSSR count). The Labute approximate surface area is 139 Å². The molecule has 1 N–H and O–H groups in total. The molecule has 2 aromatic heterocycles. The topological polar surface area (TPSA) is 84.1 Å². The van der Waals surface area contributed by atoms with Crippen molar-refractivity contribution in [3.8, 4) is 0 Å². The highest BCUT2D eigenvalue weighted by Gasteiger charge is 2.24. The summed E-state index contributed by atoms with van der Waals surface area (Å²) in [5.41, 5.74) is 1.12. The van der Waals surface area contributed by atoms with E-state index in [1.165, 1.54) is 11.2 Å². The Balaban J connectivity index is 1.64. The lowest BCUT2D eigenvalue weighted by Gasteiger charge is -2.31. The van der Waals surface area contributed by atoms with Gasteiger partial charge >= 0.3 is 5.97 Å². The Hall–Kier alpha value is -1.80. The number of aromatic nitrogens is 4. The zero-order chi connectivity index (χ0) is 16.4. The zero-order valence-corrected chi connectivity index (χ0v) is 14.2. The molecule has 1 saturated heterocycles. The number of likely N-dealkylation sites (tertiary alicyclic amines) is 1. The van der Waals surface area contributed by atoms with Crippen molar-refractivity contribution in [2.45, 2.75) is 45.2 Å². The number of carboxylic acid groups (broad SMARTS) is 1. The van der Waals surface area contributed by atoms with E-state index in [0.29, 0.717) is 5.92 Å². The van der Waals surface area contributed by atoms with E-state index < -0.39 is 5.97 Å². The smallest absolute Gasteiger partial charge is 0.358 e. The van der Waals surface area contributed by atoms with Crippen LogP contribution in [-0.4, -0.2) is 49.0 Å². The van der Waals surface area contributed by atoms with Crippen LogP contribution in [0.2, 0.25) is 0 Å². The lowest BCUT2D eigenvalue weighted by Crippen LogP contribution is -2.36. The summed E-state index contributed by atoms with van der Waals surface area (Å²) in [5, 5.41) is 20.0. The second-order valence-electron chi connectivity index (χ2n) is 6.25. The zero-order valence-electron chi connectivity index (χ0n) is 13.3. The quantitative estimate of drug-likeness (QED) is 0.903. The van der Waals surface area contributed by atoms with Gasteiger partial charge in [-0.25, -0.2) is 14.5 Å². The van der Waals surface area contributed by atoms with Crippen LogP contribution >= 0.6 is 11.3 Å². The van der Waals surface area contributed by atoms with Gasteiger partial charge in [0.2, 0.25) is 0 Å². The molecule has 0 aromatic carbocycles. The molecule has 0 bridgehead atoms. The van der Waals surface area contributed by atoms with E-state index in [4.69, 9.17) is 10.1 Å². The third-order valence-corrected chi connectivity index (χ3v) is 5.23. The molecule has 124 valence electrons. The maximum atomic E-state index is 10.9. The summed E-state index contributed by atoms with van der Waals surface area (Å²) < 4.78 is 1.69. The summed E-state index contributed by atoms with van der Waals surface area (Å²) in [5.74, 6) is -0.569.